The maximum atomic E-state index is 14.1. The number of benzene rings is 1. The van der Waals surface area contributed by atoms with E-state index in [0.717, 1.165) is 5.56 Å². The molecule has 0 atom stereocenters. The Kier molecular flexibility index (Phi) is 6.81. The number of carbonyl (C=O) groups is 1. The van der Waals surface area contributed by atoms with Crippen molar-refractivity contribution in [2.45, 2.75) is 27.3 Å². The number of ether oxygens (including phenoxy) is 2. The number of pyridine rings is 2. The van der Waals surface area contributed by atoms with Gasteiger partial charge in [-0.05, 0) is 54.3 Å². The summed E-state index contributed by atoms with van der Waals surface area (Å²) in [5.41, 5.74) is 9.15. The zero-order valence-corrected chi connectivity index (χ0v) is 20.0. The molecule has 3 N–H and O–H groups in total. The van der Waals surface area contributed by atoms with E-state index >= 15 is 0 Å². The highest BCUT2D eigenvalue weighted by atomic mass is 19.1. The summed E-state index contributed by atoms with van der Waals surface area (Å²) in [6.45, 7) is 6.39. The van der Waals surface area contributed by atoms with Gasteiger partial charge in [0.25, 0.3) is 5.91 Å². The van der Waals surface area contributed by atoms with Gasteiger partial charge in [-0.15, -0.1) is 5.10 Å². The Labute approximate surface area is 202 Å². The molecule has 0 fully saturated rings. The fraction of sp³-hybridized carbons (Fsp3) is 0.280. The predicted molar refractivity (Wildman–Crippen MR) is 130 cm³/mol. The van der Waals surface area contributed by atoms with Gasteiger partial charge in [-0.3, -0.25) is 4.79 Å². The number of hydrogen-bond donors (Lipinski definition) is 2. The summed E-state index contributed by atoms with van der Waals surface area (Å²) in [6, 6.07) is 8.08. The topological polar surface area (TPSA) is 117 Å². The molecule has 0 aliphatic heterocycles. The lowest BCUT2D eigenvalue weighted by molar-refractivity contribution is 0.0946. The van der Waals surface area contributed by atoms with Crippen LogP contribution in [-0.2, 0) is 6.54 Å². The lowest BCUT2D eigenvalue weighted by Gasteiger charge is -2.17. The molecule has 4 aromatic rings. The summed E-state index contributed by atoms with van der Waals surface area (Å²) in [4.78, 5) is 21.6. The van der Waals surface area contributed by atoms with Crippen LogP contribution in [0.1, 0.15) is 35.3 Å². The van der Waals surface area contributed by atoms with Crippen molar-refractivity contribution in [1.29, 1.82) is 0 Å². The largest absolute Gasteiger partial charge is 0.493 e. The molecule has 182 valence electrons. The van der Waals surface area contributed by atoms with Gasteiger partial charge in [0.05, 0.1) is 13.7 Å². The number of nitrogen functional groups attached to an aromatic ring is 1. The molecule has 10 heteroatoms. The minimum atomic E-state index is -0.416. The van der Waals surface area contributed by atoms with Gasteiger partial charge in [-0.25, -0.2) is 13.9 Å². The summed E-state index contributed by atoms with van der Waals surface area (Å²) in [5, 5.41) is 6.90. The fourth-order valence-corrected chi connectivity index (χ4v) is 3.67. The van der Waals surface area contributed by atoms with Gasteiger partial charge in [0, 0.05) is 30.1 Å². The summed E-state index contributed by atoms with van der Waals surface area (Å²) >= 11 is 0. The van der Waals surface area contributed by atoms with Crippen LogP contribution < -0.4 is 20.5 Å². The minimum absolute atomic E-state index is 0.0726. The van der Waals surface area contributed by atoms with E-state index in [1.54, 1.807) is 36.0 Å². The molecular formula is C25H27FN6O3. The average Bonchev–Trinajstić information content (AvgIpc) is 3.20. The molecule has 0 unspecified atom stereocenters. The Morgan fingerprint density at radius 3 is 2.77 bits per heavy atom. The molecule has 0 aliphatic carbocycles. The summed E-state index contributed by atoms with van der Waals surface area (Å²) in [5.74, 6) is 0.397. The van der Waals surface area contributed by atoms with Crippen LogP contribution in [0.4, 0.5) is 10.3 Å². The number of amides is 1. The number of halogens is 1. The number of nitrogens with zero attached hydrogens (tertiary/aromatic N) is 4. The minimum Gasteiger partial charge on any atom is -0.493 e. The van der Waals surface area contributed by atoms with Crippen LogP contribution in [0.15, 0.2) is 42.7 Å². The number of rotatable bonds is 8. The molecule has 0 bridgehead atoms. The monoisotopic (exact) mass is 478 g/mol. The number of aromatic nitrogens is 4. The standard InChI is InChI=1S/C25H27FN6O3/c1-14(2)13-35-22-15(3)7-19(26)8-18(22)12-28-23(33)20-9-17(11-29-24(20)34-4)16-5-6-32-21(10-16)30-25(27)31-32/h5-11,14H,12-13H2,1-4H3,(H2,27,31)(H,28,33). The molecule has 0 spiro atoms. The Morgan fingerprint density at radius 1 is 1.23 bits per heavy atom. The fourth-order valence-electron chi connectivity index (χ4n) is 3.67. The normalized spacial score (nSPS) is 11.1. The third-order valence-corrected chi connectivity index (χ3v) is 5.29. The number of hydrogen-bond acceptors (Lipinski definition) is 7. The van der Waals surface area contributed by atoms with Crippen LogP contribution in [-0.4, -0.2) is 39.2 Å². The van der Waals surface area contributed by atoms with Crippen molar-refractivity contribution in [3.8, 4) is 22.8 Å². The van der Waals surface area contributed by atoms with E-state index in [9.17, 15) is 9.18 Å². The van der Waals surface area contributed by atoms with Crippen molar-refractivity contribution >= 4 is 17.5 Å². The lowest BCUT2D eigenvalue weighted by atomic mass is 10.1. The molecule has 1 aromatic carbocycles. The highest BCUT2D eigenvalue weighted by molar-refractivity contribution is 5.97. The first-order valence-electron chi connectivity index (χ1n) is 11.1. The first kappa shape index (κ1) is 23.9. The highest BCUT2D eigenvalue weighted by Crippen LogP contribution is 2.28. The second-order valence-corrected chi connectivity index (χ2v) is 8.57. The van der Waals surface area contributed by atoms with Gasteiger partial charge in [-0.2, -0.15) is 4.98 Å². The van der Waals surface area contributed by atoms with Crippen molar-refractivity contribution in [2.24, 2.45) is 5.92 Å². The van der Waals surface area contributed by atoms with Crippen LogP contribution in [0.5, 0.6) is 11.6 Å². The number of nitrogens with two attached hydrogens (primary N) is 1. The maximum Gasteiger partial charge on any atom is 0.257 e. The van der Waals surface area contributed by atoms with Gasteiger partial charge < -0.3 is 20.5 Å². The Hall–Kier alpha value is -4.21. The number of nitrogens with one attached hydrogen (secondary N) is 1. The molecule has 4 rings (SSSR count). The Bertz CT molecular complexity index is 1390. The van der Waals surface area contributed by atoms with Crippen molar-refractivity contribution in [2.75, 3.05) is 19.5 Å². The first-order chi connectivity index (χ1) is 16.7. The smallest absolute Gasteiger partial charge is 0.257 e. The molecule has 9 nitrogen and oxygen atoms in total. The maximum absolute atomic E-state index is 14.1. The molecule has 0 saturated carbocycles. The van der Waals surface area contributed by atoms with E-state index in [-0.39, 0.29) is 23.9 Å². The highest BCUT2D eigenvalue weighted by Gasteiger charge is 2.18. The number of anilines is 1. The number of aryl methyl sites for hydroxylation is 1. The second kappa shape index (κ2) is 9.96. The lowest BCUT2D eigenvalue weighted by Crippen LogP contribution is -2.24. The SMILES string of the molecule is COc1ncc(-c2ccn3nc(N)nc3c2)cc1C(=O)NCc1cc(F)cc(C)c1OCC(C)C. The van der Waals surface area contributed by atoms with Crippen LogP contribution >= 0.6 is 0 Å². The number of fused-ring (bicyclic) bond motifs is 1. The van der Waals surface area contributed by atoms with Crippen molar-refractivity contribution in [3.05, 3.63) is 65.2 Å². The zero-order valence-electron chi connectivity index (χ0n) is 20.0. The molecule has 0 radical (unpaired) electrons. The van der Waals surface area contributed by atoms with Crippen LogP contribution in [0, 0.1) is 18.7 Å². The second-order valence-electron chi connectivity index (χ2n) is 8.57. The van der Waals surface area contributed by atoms with E-state index in [4.69, 9.17) is 15.2 Å². The van der Waals surface area contributed by atoms with Gasteiger partial charge in [0.1, 0.15) is 17.1 Å². The third kappa shape index (κ3) is 5.32. The van der Waals surface area contributed by atoms with E-state index in [1.165, 1.54) is 19.2 Å². The summed E-state index contributed by atoms with van der Waals surface area (Å²) < 4.78 is 26.9. The summed E-state index contributed by atoms with van der Waals surface area (Å²) in [7, 11) is 1.44. The quantitative estimate of drug-likeness (QED) is 0.396. The van der Waals surface area contributed by atoms with Crippen molar-refractivity contribution < 1.29 is 18.7 Å². The Balaban J connectivity index is 1.60. The summed E-state index contributed by atoms with van der Waals surface area (Å²) in [6.07, 6.45) is 3.33. The van der Waals surface area contributed by atoms with Gasteiger partial charge >= 0.3 is 0 Å². The third-order valence-electron chi connectivity index (χ3n) is 5.29. The molecule has 1 amide bonds. The zero-order chi connectivity index (χ0) is 25.1. The molecule has 0 saturated heterocycles. The van der Waals surface area contributed by atoms with E-state index in [2.05, 4.69) is 20.4 Å². The van der Waals surface area contributed by atoms with Crippen LogP contribution in [0.3, 0.4) is 0 Å². The number of carbonyl (C=O) groups excluding carboxylic acids is 1. The predicted octanol–water partition coefficient (Wildman–Crippen LogP) is 3.79. The molecular weight excluding hydrogens is 451 g/mol. The molecule has 3 heterocycles. The van der Waals surface area contributed by atoms with E-state index in [0.29, 0.717) is 40.6 Å². The van der Waals surface area contributed by atoms with Crippen molar-refractivity contribution in [3.63, 3.8) is 0 Å². The van der Waals surface area contributed by atoms with Crippen molar-refractivity contribution in [1.82, 2.24) is 24.9 Å². The van der Waals surface area contributed by atoms with E-state index in [1.807, 2.05) is 19.9 Å². The Morgan fingerprint density at radius 2 is 2.03 bits per heavy atom. The number of methoxy groups -OCH3 is 1. The van der Waals surface area contributed by atoms with Crippen LogP contribution in [0.25, 0.3) is 16.8 Å². The van der Waals surface area contributed by atoms with Crippen LogP contribution in [0.2, 0.25) is 0 Å². The van der Waals surface area contributed by atoms with Gasteiger partial charge in [-0.1, -0.05) is 13.8 Å². The molecule has 0 aliphatic rings. The van der Waals surface area contributed by atoms with E-state index < -0.39 is 11.7 Å². The molecule has 35 heavy (non-hydrogen) atoms. The molecule has 3 aromatic heterocycles. The first-order valence-corrected chi connectivity index (χ1v) is 11.1. The van der Waals surface area contributed by atoms with Gasteiger partial charge in [0.15, 0.2) is 5.65 Å². The van der Waals surface area contributed by atoms with Gasteiger partial charge in [0.2, 0.25) is 11.8 Å². The average molecular weight is 479 g/mol.